The highest BCUT2D eigenvalue weighted by molar-refractivity contribution is 7.99. The van der Waals surface area contributed by atoms with Crippen LogP contribution in [0.1, 0.15) is 39.5 Å². The van der Waals surface area contributed by atoms with Crippen molar-refractivity contribution in [2.24, 2.45) is 0 Å². The van der Waals surface area contributed by atoms with Gasteiger partial charge in [-0.1, -0.05) is 36.8 Å². The first-order valence-corrected chi connectivity index (χ1v) is 7.89. The van der Waals surface area contributed by atoms with E-state index in [1.54, 1.807) is 24.3 Å². The number of anilines is 1. The lowest BCUT2D eigenvalue weighted by Crippen LogP contribution is -2.12. The molecule has 0 bridgehead atoms. The summed E-state index contributed by atoms with van der Waals surface area (Å²) in [6.07, 6.45) is 0. The molecule has 0 aliphatic rings. The number of hydrogen-bond acceptors (Lipinski definition) is 6. The second kappa shape index (κ2) is 6.95. The number of aryl methyl sites for hydroxylation is 1. The van der Waals surface area contributed by atoms with Gasteiger partial charge in [0.2, 0.25) is 0 Å². The van der Waals surface area contributed by atoms with Gasteiger partial charge in [0.1, 0.15) is 28.5 Å². The van der Waals surface area contributed by atoms with E-state index in [4.69, 9.17) is 5.73 Å². The summed E-state index contributed by atoms with van der Waals surface area (Å²) in [7, 11) is 0. The molecule has 23 heavy (non-hydrogen) atoms. The van der Waals surface area contributed by atoms with Crippen LogP contribution in [-0.2, 0) is 0 Å². The molecule has 6 heteroatoms. The first kappa shape index (κ1) is 16.5. The third-order valence-electron chi connectivity index (χ3n) is 3.24. The van der Waals surface area contributed by atoms with Gasteiger partial charge < -0.3 is 5.73 Å². The fourth-order valence-electron chi connectivity index (χ4n) is 2.12. The van der Waals surface area contributed by atoms with E-state index in [-0.39, 0.29) is 22.5 Å². The Labute approximate surface area is 138 Å². The minimum atomic E-state index is -0.398. The number of benzene rings is 1. The van der Waals surface area contributed by atoms with Crippen molar-refractivity contribution in [2.45, 2.75) is 18.9 Å². The number of nitriles is 2. The highest BCUT2D eigenvalue weighted by atomic mass is 32.2. The van der Waals surface area contributed by atoms with Crippen molar-refractivity contribution in [1.29, 1.82) is 10.5 Å². The highest BCUT2D eigenvalue weighted by Gasteiger charge is 2.24. The lowest BCUT2D eigenvalue weighted by atomic mass is 9.95. The zero-order valence-electron chi connectivity index (χ0n) is 12.8. The average molecular weight is 322 g/mol. The lowest BCUT2D eigenvalue weighted by Gasteiger charge is -2.11. The van der Waals surface area contributed by atoms with Crippen molar-refractivity contribution in [3.05, 3.63) is 52.1 Å². The Morgan fingerprint density at radius 2 is 1.83 bits per heavy atom. The Kier molecular flexibility index (Phi) is 5.00. The van der Waals surface area contributed by atoms with Crippen LogP contribution in [0.2, 0.25) is 0 Å². The van der Waals surface area contributed by atoms with E-state index >= 15 is 0 Å². The molecule has 0 amide bonds. The number of nitrogens with zero attached hydrogens (tertiary/aromatic N) is 3. The highest BCUT2D eigenvalue weighted by Crippen LogP contribution is 2.30. The van der Waals surface area contributed by atoms with Crippen molar-refractivity contribution in [1.82, 2.24) is 4.98 Å². The van der Waals surface area contributed by atoms with Gasteiger partial charge in [0.25, 0.3) is 0 Å². The largest absolute Gasteiger partial charge is 0.383 e. The molecule has 0 radical (unpaired) electrons. The van der Waals surface area contributed by atoms with Crippen LogP contribution < -0.4 is 5.73 Å². The molecule has 0 aliphatic heterocycles. The molecule has 0 saturated carbocycles. The number of rotatable bonds is 4. The van der Waals surface area contributed by atoms with E-state index in [1.807, 2.05) is 26.0 Å². The summed E-state index contributed by atoms with van der Waals surface area (Å²) >= 11 is 1.31. The zero-order valence-corrected chi connectivity index (χ0v) is 13.6. The number of ketones is 1. The number of thioether (sulfide) groups is 1. The third-order valence-corrected chi connectivity index (χ3v) is 4.10. The molecular formula is C17H14N4OS. The van der Waals surface area contributed by atoms with Crippen molar-refractivity contribution < 1.29 is 4.79 Å². The molecule has 0 fully saturated rings. The smallest absolute Gasteiger partial charge is 0.195 e. The molecule has 0 spiro atoms. The van der Waals surface area contributed by atoms with Crippen LogP contribution in [0.5, 0.6) is 0 Å². The molecule has 0 unspecified atom stereocenters. The molecule has 0 saturated heterocycles. The zero-order chi connectivity index (χ0) is 17.0. The van der Waals surface area contributed by atoms with Gasteiger partial charge in [-0.2, -0.15) is 10.5 Å². The molecule has 114 valence electrons. The molecular weight excluding hydrogens is 308 g/mol. The van der Waals surface area contributed by atoms with Crippen LogP contribution >= 0.6 is 11.8 Å². The van der Waals surface area contributed by atoms with E-state index < -0.39 is 5.78 Å². The van der Waals surface area contributed by atoms with E-state index in [2.05, 4.69) is 4.98 Å². The number of aromatic nitrogens is 1. The molecule has 2 aromatic rings. The predicted octanol–water partition coefficient (Wildman–Crippen LogP) is 3.06. The molecule has 1 aromatic heterocycles. The summed E-state index contributed by atoms with van der Waals surface area (Å²) in [5.74, 6) is 0.244. The number of carbonyl (C=O) groups is 1. The summed E-state index contributed by atoms with van der Waals surface area (Å²) < 4.78 is 0. The van der Waals surface area contributed by atoms with Gasteiger partial charge >= 0.3 is 0 Å². The normalized spacial score (nSPS) is 9.91. The second-order valence-electron chi connectivity index (χ2n) is 4.78. The fourth-order valence-corrected chi connectivity index (χ4v) is 2.84. The molecule has 2 rings (SSSR count). The summed E-state index contributed by atoms with van der Waals surface area (Å²) in [6.45, 7) is 3.82. The van der Waals surface area contributed by atoms with Crippen LogP contribution in [0.25, 0.3) is 0 Å². The van der Waals surface area contributed by atoms with E-state index in [0.717, 1.165) is 5.56 Å². The van der Waals surface area contributed by atoms with Crippen molar-refractivity contribution >= 4 is 23.4 Å². The summed E-state index contributed by atoms with van der Waals surface area (Å²) in [5, 5.41) is 19.2. The topological polar surface area (TPSA) is 104 Å². The van der Waals surface area contributed by atoms with Crippen molar-refractivity contribution in [2.75, 3.05) is 11.5 Å². The number of hydrogen-bond donors (Lipinski definition) is 1. The standard InChI is InChI=1S/C17H14N4OS/c1-3-23-17-13(9-19)14(12(8-18)16(20)21-17)15(22)11-6-4-10(2)5-7-11/h4-7H,3H2,1-2H3,(H2,20,21). The van der Waals surface area contributed by atoms with E-state index in [9.17, 15) is 15.3 Å². The van der Waals surface area contributed by atoms with Crippen LogP contribution in [0.4, 0.5) is 5.82 Å². The Bertz CT molecular complexity index is 845. The van der Waals surface area contributed by atoms with E-state index in [0.29, 0.717) is 16.3 Å². The number of carbonyl (C=O) groups excluding carboxylic acids is 1. The number of nitrogens with two attached hydrogens (primary N) is 1. The van der Waals surface area contributed by atoms with Gasteiger partial charge in [0, 0.05) is 5.56 Å². The Hall–Kier alpha value is -2.83. The molecule has 1 heterocycles. The van der Waals surface area contributed by atoms with Crippen LogP contribution in [0.15, 0.2) is 29.3 Å². The summed E-state index contributed by atoms with van der Waals surface area (Å²) in [6, 6.07) is 10.8. The Morgan fingerprint density at radius 1 is 1.22 bits per heavy atom. The Morgan fingerprint density at radius 3 is 2.35 bits per heavy atom. The van der Waals surface area contributed by atoms with Gasteiger partial charge in [0.05, 0.1) is 11.1 Å². The summed E-state index contributed by atoms with van der Waals surface area (Å²) in [5.41, 5.74) is 7.32. The third kappa shape index (κ3) is 3.18. The summed E-state index contributed by atoms with van der Waals surface area (Å²) in [4.78, 5) is 16.9. The van der Waals surface area contributed by atoms with Gasteiger partial charge in [-0.15, -0.1) is 11.8 Å². The quantitative estimate of drug-likeness (QED) is 0.685. The number of pyridine rings is 1. The minimum absolute atomic E-state index is 0.0297. The van der Waals surface area contributed by atoms with Crippen LogP contribution in [0, 0.1) is 29.6 Å². The first-order valence-electron chi connectivity index (χ1n) is 6.91. The van der Waals surface area contributed by atoms with Gasteiger partial charge in [-0.05, 0) is 12.7 Å². The maximum atomic E-state index is 12.8. The molecule has 1 aromatic carbocycles. The van der Waals surface area contributed by atoms with Gasteiger partial charge in [0.15, 0.2) is 5.78 Å². The molecule has 2 N–H and O–H groups in total. The fraction of sp³-hybridized carbons (Fsp3) is 0.176. The van der Waals surface area contributed by atoms with E-state index in [1.165, 1.54) is 11.8 Å². The number of nitrogen functional groups attached to an aromatic ring is 1. The Balaban J connectivity index is 2.73. The monoisotopic (exact) mass is 322 g/mol. The minimum Gasteiger partial charge on any atom is -0.383 e. The van der Waals surface area contributed by atoms with Crippen molar-refractivity contribution in [3.8, 4) is 12.1 Å². The SMILES string of the molecule is CCSc1nc(N)c(C#N)c(C(=O)c2ccc(C)cc2)c1C#N. The molecule has 0 atom stereocenters. The lowest BCUT2D eigenvalue weighted by molar-refractivity contribution is 0.103. The van der Waals surface area contributed by atoms with Crippen molar-refractivity contribution in [3.63, 3.8) is 0 Å². The first-order chi connectivity index (χ1) is 11.0. The van der Waals surface area contributed by atoms with Crippen LogP contribution in [-0.4, -0.2) is 16.5 Å². The predicted molar refractivity (Wildman–Crippen MR) is 89.1 cm³/mol. The molecule has 5 nitrogen and oxygen atoms in total. The maximum Gasteiger partial charge on any atom is 0.195 e. The second-order valence-corrected chi connectivity index (χ2v) is 6.03. The van der Waals surface area contributed by atoms with Gasteiger partial charge in [-0.3, -0.25) is 4.79 Å². The van der Waals surface area contributed by atoms with Crippen LogP contribution in [0.3, 0.4) is 0 Å². The molecule has 0 aliphatic carbocycles. The average Bonchev–Trinajstić information content (AvgIpc) is 2.54. The maximum absolute atomic E-state index is 12.8. The van der Waals surface area contributed by atoms with Gasteiger partial charge in [-0.25, -0.2) is 4.98 Å².